The first-order valence-corrected chi connectivity index (χ1v) is 10.2. The summed E-state index contributed by atoms with van der Waals surface area (Å²) in [4.78, 5) is 41.6. The largest absolute Gasteiger partial charge is 0.505 e. The van der Waals surface area contributed by atoms with Crippen LogP contribution >= 0.6 is 15.2 Å². The van der Waals surface area contributed by atoms with Crippen LogP contribution in [0.4, 0.5) is 10.2 Å². The summed E-state index contributed by atoms with van der Waals surface area (Å²) in [6.45, 7) is -0.887. The Labute approximate surface area is 143 Å². The first-order valence-electron chi connectivity index (χ1n) is 6.64. The van der Waals surface area contributed by atoms with Crippen LogP contribution in [0.3, 0.4) is 0 Å². The van der Waals surface area contributed by atoms with E-state index in [4.69, 9.17) is 20.3 Å². The molecule has 1 aliphatic rings. The second-order valence-corrected chi connectivity index (χ2v) is 9.15. The van der Waals surface area contributed by atoms with E-state index in [1.54, 1.807) is 0 Å². The summed E-state index contributed by atoms with van der Waals surface area (Å²) < 4.78 is 45.7. The fraction of sp³-hybridized carbons (Fsp3) is 0.400. The van der Waals surface area contributed by atoms with Crippen LogP contribution in [-0.2, 0) is 18.4 Å². The van der Waals surface area contributed by atoms with E-state index in [0.29, 0.717) is 10.8 Å². The van der Waals surface area contributed by atoms with Crippen LogP contribution in [0, 0.1) is 5.82 Å². The van der Waals surface area contributed by atoms with Gasteiger partial charge in [-0.3, -0.25) is 9.13 Å². The summed E-state index contributed by atoms with van der Waals surface area (Å²) in [6.07, 6.45) is -2.83. The number of aliphatic hydroxyl groups is 2. The zero-order chi connectivity index (χ0) is 19.9. The molecular formula is C10H14FN3O10P2. The number of nitrogen functional groups attached to an aromatic ring is 1. The lowest BCUT2D eigenvalue weighted by atomic mass is 10.2. The number of aromatic nitrogens is 2. The molecule has 1 aromatic rings. The Morgan fingerprint density at radius 3 is 2.58 bits per heavy atom. The lowest BCUT2D eigenvalue weighted by molar-refractivity contribution is 0.0180. The number of hydrogen-bond donors (Lipinski definition) is 6. The maximum atomic E-state index is 13.5. The van der Waals surface area contributed by atoms with Gasteiger partial charge in [0.2, 0.25) is 5.88 Å². The molecule has 7 N–H and O–H groups in total. The molecule has 0 spiro atoms. The molecule has 0 amide bonds. The maximum absolute atomic E-state index is 13.5. The van der Waals surface area contributed by atoms with E-state index in [9.17, 15) is 33.4 Å². The Morgan fingerprint density at radius 1 is 1.38 bits per heavy atom. The van der Waals surface area contributed by atoms with E-state index in [0.717, 1.165) is 0 Å². The van der Waals surface area contributed by atoms with Crippen LogP contribution in [0.2, 0.25) is 0 Å². The predicted molar refractivity (Wildman–Crippen MR) is 82.3 cm³/mol. The molecule has 0 saturated carbocycles. The standard InChI is InChI=1S/C10H14FN3O10P2/c11-4-1-14(10(17)13-8(4)12)9-7(16)6(15)5(24-9)2-23-26(21,22)3-25(18,19)20/h1,5-6,15-16H,2-3H2,(H,21,22)(H2,12,13,17)(H2,18,19,20)/t5-,6?/m1/s1. The zero-order valence-corrected chi connectivity index (χ0v) is 14.5. The van der Waals surface area contributed by atoms with E-state index in [1.807, 2.05) is 0 Å². The molecule has 1 aliphatic heterocycles. The number of hydrogen-bond acceptors (Lipinski definition) is 9. The summed E-state index contributed by atoms with van der Waals surface area (Å²) in [5.74, 6) is -4.94. The lowest BCUT2D eigenvalue weighted by Crippen LogP contribution is -2.29. The third-order valence-electron chi connectivity index (χ3n) is 3.05. The lowest BCUT2D eigenvalue weighted by Gasteiger charge is -2.18. The monoisotopic (exact) mass is 417 g/mol. The zero-order valence-electron chi connectivity index (χ0n) is 12.7. The molecule has 16 heteroatoms. The molecule has 2 unspecified atom stereocenters. The van der Waals surface area contributed by atoms with Crippen LogP contribution < -0.4 is 11.4 Å². The van der Waals surface area contributed by atoms with Gasteiger partial charge in [0.25, 0.3) is 0 Å². The van der Waals surface area contributed by atoms with Gasteiger partial charge in [0, 0.05) is 0 Å². The molecule has 0 radical (unpaired) electrons. The molecule has 0 fully saturated rings. The first-order chi connectivity index (χ1) is 11.8. The van der Waals surface area contributed by atoms with Gasteiger partial charge in [0.1, 0.15) is 0 Å². The number of ether oxygens (including phenoxy) is 1. The van der Waals surface area contributed by atoms with Crippen LogP contribution in [0.5, 0.6) is 0 Å². The molecule has 2 rings (SSSR count). The summed E-state index contributed by atoms with van der Waals surface area (Å²) >= 11 is 0. The number of nitrogens with two attached hydrogens (primary N) is 1. The highest BCUT2D eigenvalue weighted by molar-refractivity contribution is 7.70. The van der Waals surface area contributed by atoms with Gasteiger partial charge >= 0.3 is 20.9 Å². The van der Waals surface area contributed by atoms with Crippen LogP contribution in [0.25, 0.3) is 5.88 Å². The SMILES string of the molecule is Nc1nc(=O)n(C2=C(O)C(O)[C@@H](COP(=O)(O)CP(=O)(O)O)O2)cc1F. The van der Waals surface area contributed by atoms with Gasteiger partial charge in [0.15, 0.2) is 35.5 Å². The van der Waals surface area contributed by atoms with Crippen molar-refractivity contribution in [1.29, 1.82) is 0 Å². The van der Waals surface area contributed by atoms with Crippen LogP contribution in [-0.4, -0.2) is 59.2 Å². The number of nitrogens with zero attached hydrogens (tertiary/aromatic N) is 2. The van der Waals surface area contributed by atoms with Crippen molar-refractivity contribution in [3.8, 4) is 0 Å². The third kappa shape index (κ3) is 4.68. The van der Waals surface area contributed by atoms with Crippen LogP contribution in [0.15, 0.2) is 16.8 Å². The fourth-order valence-corrected chi connectivity index (χ4v) is 4.50. The van der Waals surface area contributed by atoms with Gasteiger partial charge in [-0.15, -0.1) is 0 Å². The number of anilines is 1. The van der Waals surface area contributed by atoms with Crippen molar-refractivity contribution >= 4 is 26.9 Å². The Balaban J connectivity index is 2.16. The predicted octanol–water partition coefficient (Wildman–Crippen LogP) is -1.25. The van der Waals surface area contributed by atoms with Gasteiger partial charge in [0.05, 0.1) is 12.8 Å². The summed E-state index contributed by atoms with van der Waals surface area (Å²) in [5.41, 5.74) is 3.97. The van der Waals surface area contributed by atoms with Crippen LogP contribution in [0.1, 0.15) is 0 Å². The Hall–Kier alpha value is -1.79. The van der Waals surface area contributed by atoms with Gasteiger partial charge in [-0.05, 0) is 0 Å². The van der Waals surface area contributed by atoms with Crippen molar-refractivity contribution in [3.63, 3.8) is 0 Å². The number of rotatable bonds is 6. The average molecular weight is 417 g/mol. The average Bonchev–Trinajstić information content (AvgIpc) is 2.75. The van der Waals surface area contributed by atoms with Crippen molar-refractivity contribution in [1.82, 2.24) is 9.55 Å². The van der Waals surface area contributed by atoms with Crippen molar-refractivity contribution in [2.24, 2.45) is 0 Å². The maximum Gasteiger partial charge on any atom is 0.356 e. The molecule has 146 valence electrons. The first kappa shape index (κ1) is 20.5. The van der Waals surface area contributed by atoms with E-state index in [-0.39, 0.29) is 0 Å². The molecule has 1 aromatic heterocycles. The molecule has 3 atom stereocenters. The van der Waals surface area contributed by atoms with Crippen molar-refractivity contribution < 1.29 is 47.7 Å². The van der Waals surface area contributed by atoms with Crippen molar-refractivity contribution in [3.05, 3.63) is 28.3 Å². The minimum Gasteiger partial charge on any atom is -0.505 e. The molecule has 13 nitrogen and oxygen atoms in total. The second kappa shape index (κ2) is 7.08. The third-order valence-corrected chi connectivity index (χ3v) is 6.50. The highest BCUT2D eigenvalue weighted by Gasteiger charge is 2.40. The van der Waals surface area contributed by atoms with Crippen molar-refractivity contribution in [2.75, 3.05) is 18.2 Å². The molecule has 0 bridgehead atoms. The quantitative estimate of drug-likeness (QED) is 0.299. The Bertz CT molecular complexity index is 896. The summed E-state index contributed by atoms with van der Waals surface area (Å²) in [5, 5.41) is 19.7. The van der Waals surface area contributed by atoms with Crippen molar-refractivity contribution in [2.45, 2.75) is 12.2 Å². The summed E-state index contributed by atoms with van der Waals surface area (Å²) in [6, 6.07) is 0. The second-order valence-electron chi connectivity index (χ2n) is 5.16. The Morgan fingerprint density at radius 2 is 2.00 bits per heavy atom. The van der Waals surface area contributed by atoms with E-state index >= 15 is 0 Å². The molecule has 0 saturated heterocycles. The highest BCUT2D eigenvalue weighted by atomic mass is 31.2. The van der Waals surface area contributed by atoms with E-state index < -0.39 is 68.9 Å². The molecule has 2 heterocycles. The molecular weight excluding hydrogens is 403 g/mol. The molecule has 0 aromatic carbocycles. The minimum absolute atomic E-state index is 0.401. The van der Waals surface area contributed by atoms with Gasteiger partial charge in [-0.2, -0.15) is 4.98 Å². The van der Waals surface area contributed by atoms with Gasteiger partial charge in [-0.25, -0.2) is 13.8 Å². The molecule has 26 heavy (non-hydrogen) atoms. The normalized spacial score (nSPS) is 23.0. The van der Waals surface area contributed by atoms with Gasteiger partial charge in [-0.1, -0.05) is 0 Å². The van der Waals surface area contributed by atoms with Gasteiger partial charge < -0.3 is 39.9 Å². The fourth-order valence-electron chi connectivity index (χ4n) is 1.93. The highest BCUT2D eigenvalue weighted by Crippen LogP contribution is 2.55. The minimum atomic E-state index is -4.86. The topological polar surface area (TPSA) is 215 Å². The number of aliphatic hydroxyl groups excluding tert-OH is 2. The number of halogens is 1. The van der Waals surface area contributed by atoms with E-state index in [1.165, 1.54) is 0 Å². The smallest absolute Gasteiger partial charge is 0.356 e. The Kier molecular flexibility index (Phi) is 5.59. The summed E-state index contributed by atoms with van der Waals surface area (Å²) in [7, 11) is -9.60. The van der Waals surface area contributed by atoms with E-state index in [2.05, 4.69) is 9.51 Å². The molecule has 0 aliphatic carbocycles.